The highest BCUT2D eigenvalue weighted by molar-refractivity contribution is 5.68. The Kier molecular flexibility index (Phi) is 5.80. The van der Waals surface area contributed by atoms with Crippen LogP contribution in [-0.4, -0.2) is 21.2 Å². The number of rotatable bonds is 5. The maximum Gasteiger partial charge on any atom is 0.408 e. The molecule has 1 atom stereocenters. The number of amides is 1. The summed E-state index contributed by atoms with van der Waals surface area (Å²) < 4.78 is 7.30. The molecule has 1 aromatic rings. The molecule has 0 spiro atoms. The van der Waals surface area contributed by atoms with Crippen molar-refractivity contribution in [3.8, 4) is 0 Å². The number of carbonyl (C=O) groups excluding carboxylic acids is 1. The Morgan fingerprint density at radius 2 is 2.25 bits per heavy atom. The standard InChI is InChI=1S/C15H25N3O2/c1-6-7-8-9-18-11-16-10-13(18)12(2)17-14(19)20-15(3,4)5/h6-7,10-12H,8-9H2,1-5H3,(H,17,19)/b7-6+. The van der Waals surface area contributed by atoms with E-state index in [1.807, 2.05) is 45.3 Å². The number of hydrogen-bond acceptors (Lipinski definition) is 3. The molecule has 0 radical (unpaired) electrons. The van der Waals surface area contributed by atoms with Crippen LogP contribution in [0.3, 0.4) is 0 Å². The van der Waals surface area contributed by atoms with E-state index in [0.717, 1.165) is 18.7 Å². The molecular weight excluding hydrogens is 254 g/mol. The Morgan fingerprint density at radius 1 is 1.55 bits per heavy atom. The first-order chi connectivity index (χ1) is 9.33. The van der Waals surface area contributed by atoms with Gasteiger partial charge in [-0.05, 0) is 41.0 Å². The lowest BCUT2D eigenvalue weighted by Gasteiger charge is -2.22. The highest BCUT2D eigenvalue weighted by Crippen LogP contribution is 2.14. The number of carbonyl (C=O) groups is 1. The van der Waals surface area contributed by atoms with Gasteiger partial charge in [-0.2, -0.15) is 0 Å². The van der Waals surface area contributed by atoms with Gasteiger partial charge in [0.15, 0.2) is 0 Å². The van der Waals surface area contributed by atoms with Gasteiger partial charge in [-0.25, -0.2) is 9.78 Å². The number of aryl methyl sites for hydroxylation is 1. The molecule has 1 heterocycles. The monoisotopic (exact) mass is 279 g/mol. The first-order valence-electron chi connectivity index (χ1n) is 6.94. The van der Waals surface area contributed by atoms with Crippen LogP contribution in [0.1, 0.15) is 52.8 Å². The lowest BCUT2D eigenvalue weighted by Crippen LogP contribution is -2.34. The summed E-state index contributed by atoms with van der Waals surface area (Å²) in [5.41, 5.74) is 0.482. The molecular formula is C15H25N3O2. The SMILES string of the molecule is C/C=C/CCn1cncc1C(C)NC(=O)OC(C)(C)C. The molecule has 0 aliphatic heterocycles. The van der Waals surface area contributed by atoms with E-state index in [9.17, 15) is 4.79 Å². The Labute approximate surface area is 121 Å². The van der Waals surface area contributed by atoms with E-state index in [2.05, 4.69) is 16.4 Å². The van der Waals surface area contributed by atoms with Crippen LogP contribution in [0, 0.1) is 0 Å². The molecule has 1 aromatic heterocycles. The first-order valence-corrected chi connectivity index (χ1v) is 6.94. The van der Waals surface area contributed by atoms with E-state index in [-0.39, 0.29) is 6.04 Å². The number of imidazole rings is 1. The fraction of sp³-hybridized carbons (Fsp3) is 0.600. The van der Waals surface area contributed by atoms with Crippen LogP contribution in [0.15, 0.2) is 24.7 Å². The number of nitrogens with zero attached hydrogens (tertiary/aromatic N) is 2. The summed E-state index contributed by atoms with van der Waals surface area (Å²) in [6.45, 7) is 10.3. The van der Waals surface area contributed by atoms with E-state index >= 15 is 0 Å². The number of alkyl carbamates (subject to hydrolysis) is 1. The summed E-state index contributed by atoms with van der Waals surface area (Å²) in [6, 6.07) is -0.141. The molecule has 0 aliphatic rings. The zero-order chi connectivity index (χ0) is 15.2. The topological polar surface area (TPSA) is 56.2 Å². The number of hydrogen-bond donors (Lipinski definition) is 1. The summed E-state index contributed by atoms with van der Waals surface area (Å²) >= 11 is 0. The summed E-state index contributed by atoms with van der Waals surface area (Å²) in [4.78, 5) is 15.9. The Balaban J connectivity index is 2.61. The second-order valence-corrected chi connectivity index (χ2v) is 5.74. The predicted octanol–water partition coefficient (Wildman–Crippen LogP) is 3.44. The molecule has 5 nitrogen and oxygen atoms in total. The maximum absolute atomic E-state index is 11.8. The van der Waals surface area contributed by atoms with Crippen LogP contribution in [0.5, 0.6) is 0 Å². The normalized spacial score (nSPS) is 13.4. The van der Waals surface area contributed by atoms with Crippen LogP contribution in [0.25, 0.3) is 0 Å². The summed E-state index contributed by atoms with van der Waals surface area (Å²) in [5, 5.41) is 2.83. The van der Waals surface area contributed by atoms with Gasteiger partial charge in [-0.1, -0.05) is 12.2 Å². The van der Waals surface area contributed by atoms with E-state index in [1.54, 1.807) is 12.5 Å². The smallest absolute Gasteiger partial charge is 0.408 e. The Morgan fingerprint density at radius 3 is 2.85 bits per heavy atom. The molecule has 1 unspecified atom stereocenters. The molecule has 0 saturated carbocycles. The van der Waals surface area contributed by atoms with Crippen molar-refractivity contribution in [2.24, 2.45) is 0 Å². The summed E-state index contributed by atoms with van der Waals surface area (Å²) in [7, 11) is 0. The fourth-order valence-corrected chi connectivity index (χ4v) is 1.82. The minimum Gasteiger partial charge on any atom is -0.444 e. The molecule has 20 heavy (non-hydrogen) atoms. The largest absolute Gasteiger partial charge is 0.444 e. The lowest BCUT2D eigenvalue weighted by molar-refractivity contribution is 0.0506. The predicted molar refractivity (Wildman–Crippen MR) is 79.4 cm³/mol. The molecule has 1 N–H and O–H groups in total. The molecule has 5 heteroatoms. The number of aromatic nitrogens is 2. The molecule has 1 amide bonds. The Bertz CT molecular complexity index is 458. The highest BCUT2D eigenvalue weighted by atomic mass is 16.6. The number of allylic oxidation sites excluding steroid dienone is 2. The van der Waals surface area contributed by atoms with E-state index in [0.29, 0.717) is 0 Å². The van der Waals surface area contributed by atoms with Crippen molar-refractivity contribution in [2.45, 2.75) is 59.2 Å². The lowest BCUT2D eigenvalue weighted by atomic mass is 10.2. The first kappa shape index (κ1) is 16.3. The van der Waals surface area contributed by atoms with Gasteiger partial charge in [0.05, 0.1) is 24.3 Å². The van der Waals surface area contributed by atoms with Gasteiger partial charge in [0, 0.05) is 6.54 Å². The molecule has 112 valence electrons. The zero-order valence-electron chi connectivity index (χ0n) is 13.0. The third kappa shape index (κ3) is 5.47. The van der Waals surface area contributed by atoms with Crippen molar-refractivity contribution < 1.29 is 9.53 Å². The van der Waals surface area contributed by atoms with Crippen molar-refractivity contribution in [1.82, 2.24) is 14.9 Å². The van der Waals surface area contributed by atoms with Gasteiger partial charge < -0.3 is 14.6 Å². The quantitative estimate of drug-likeness (QED) is 0.840. The van der Waals surface area contributed by atoms with Gasteiger partial charge in [0.1, 0.15) is 5.60 Å². The minimum absolute atomic E-state index is 0.141. The number of ether oxygens (including phenoxy) is 1. The molecule has 0 aliphatic carbocycles. The molecule has 0 fully saturated rings. The van der Waals surface area contributed by atoms with Crippen LogP contribution < -0.4 is 5.32 Å². The third-order valence-corrected chi connectivity index (χ3v) is 2.69. The van der Waals surface area contributed by atoms with Gasteiger partial charge in [0.2, 0.25) is 0 Å². The molecule has 0 aromatic carbocycles. The van der Waals surface area contributed by atoms with E-state index in [4.69, 9.17) is 4.74 Å². The molecule has 0 bridgehead atoms. The van der Waals surface area contributed by atoms with Gasteiger partial charge >= 0.3 is 6.09 Å². The maximum atomic E-state index is 11.8. The summed E-state index contributed by atoms with van der Waals surface area (Å²) in [6.07, 6.45) is 8.23. The second kappa shape index (κ2) is 7.12. The molecule has 1 rings (SSSR count). The van der Waals surface area contributed by atoms with Gasteiger partial charge in [0.25, 0.3) is 0 Å². The van der Waals surface area contributed by atoms with Crippen molar-refractivity contribution in [3.05, 3.63) is 30.4 Å². The average molecular weight is 279 g/mol. The van der Waals surface area contributed by atoms with Crippen LogP contribution >= 0.6 is 0 Å². The van der Waals surface area contributed by atoms with Gasteiger partial charge in [-0.3, -0.25) is 0 Å². The van der Waals surface area contributed by atoms with Crippen LogP contribution in [-0.2, 0) is 11.3 Å². The van der Waals surface area contributed by atoms with Crippen molar-refractivity contribution in [3.63, 3.8) is 0 Å². The number of nitrogens with one attached hydrogen (secondary N) is 1. The van der Waals surface area contributed by atoms with Crippen LogP contribution in [0.4, 0.5) is 4.79 Å². The second-order valence-electron chi connectivity index (χ2n) is 5.74. The fourth-order valence-electron chi connectivity index (χ4n) is 1.82. The average Bonchev–Trinajstić information content (AvgIpc) is 2.75. The summed E-state index contributed by atoms with van der Waals surface area (Å²) in [5.74, 6) is 0. The van der Waals surface area contributed by atoms with E-state index < -0.39 is 11.7 Å². The molecule has 0 saturated heterocycles. The van der Waals surface area contributed by atoms with E-state index in [1.165, 1.54) is 0 Å². The van der Waals surface area contributed by atoms with Crippen molar-refractivity contribution in [2.75, 3.05) is 0 Å². The van der Waals surface area contributed by atoms with Crippen molar-refractivity contribution in [1.29, 1.82) is 0 Å². The minimum atomic E-state index is -0.490. The van der Waals surface area contributed by atoms with Gasteiger partial charge in [-0.15, -0.1) is 0 Å². The van der Waals surface area contributed by atoms with Crippen molar-refractivity contribution >= 4 is 6.09 Å². The zero-order valence-corrected chi connectivity index (χ0v) is 13.0. The highest BCUT2D eigenvalue weighted by Gasteiger charge is 2.19. The Hall–Kier alpha value is -1.78. The third-order valence-electron chi connectivity index (χ3n) is 2.69. The van der Waals surface area contributed by atoms with Crippen LogP contribution in [0.2, 0.25) is 0 Å².